The molecule has 0 spiro atoms. The minimum Gasteiger partial charge on any atom is -0.493 e. The molecule has 1 heterocycles. The van der Waals surface area contributed by atoms with Crippen molar-refractivity contribution in [3.63, 3.8) is 0 Å². The van der Waals surface area contributed by atoms with E-state index < -0.39 is 0 Å². The molecule has 0 atom stereocenters. The average Bonchev–Trinajstić information content (AvgIpc) is 2.96. The van der Waals surface area contributed by atoms with E-state index in [-0.39, 0.29) is 17.6 Å². The van der Waals surface area contributed by atoms with Gasteiger partial charge in [0.25, 0.3) is 5.91 Å². The van der Waals surface area contributed by atoms with Gasteiger partial charge in [-0.3, -0.25) is 9.69 Å². The second kappa shape index (κ2) is 8.93. The van der Waals surface area contributed by atoms with Gasteiger partial charge in [0.2, 0.25) is 0 Å². The van der Waals surface area contributed by atoms with Crippen LogP contribution in [0.2, 0.25) is 0 Å². The summed E-state index contributed by atoms with van der Waals surface area (Å²) in [6.07, 6.45) is 2.35. The van der Waals surface area contributed by atoms with Crippen LogP contribution in [0.15, 0.2) is 52.6 Å². The van der Waals surface area contributed by atoms with Crippen molar-refractivity contribution in [3.8, 4) is 11.5 Å². The van der Waals surface area contributed by atoms with E-state index in [0.717, 1.165) is 15.6 Å². The number of hydrogen-bond donors (Lipinski definition) is 1. The van der Waals surface area contributed by atoms with Crippen LogP contribution >= 0.6 is 15.9 Å². The van der Waals surface area contributed by atoms with Gasteiger partial charge < -0.3 is 14.8 Å². The summed E-state index contributed by atoms with van der Waals surface area (Å²) in [5.41, 5.74) is 2.02. The fourth-order valence-electron chi connectivity index (χ4n) is 2.80. The molecule has 0 bridgehead atoms. The lowest BCUT2D eigenvalue weighted by molar-refractivity contribution is -0.122. The van der Waals surface area contributed by atoms with Crippen molar-refractivity contribution in [2.45, 2.75) is 20.0 Å². The number of imide groups is 1. The van der Waals surface area contributed by atoms with Crippen LogP contribution < -0.4 is 14.8 Å². The molecule has 1 fully saturated rings. The van der Waals surface area contributed by atoms with Crippen LogP contribution in [-0.4, -0.2) is 30.5 Å². The van der Waals surface area contributed by atoms with Gasteiger partial charge in [0.05, 0.1) is 7.11 Å². The first kappa shape index (κ1) is 19.9. The molecule has 6 nitrogen and oxygen atoms in total. The highest BCUT2D eigenvalue weighted by Gasteiger charge is 2.32. The van der Waals surface area contributed by atoms with E-state index >= 15 is 0 Å². The normalized spacial score (nSPS) is 15.1. The molecule has 1 saturated heterocycles. The van der Waals surface area contributed by atoms with Crippen molar-refractivity contribution < 1.29 is 19.1 Å². The number of halogens is 1. The molecule has 0 radical (unpaired) electrons. The van der Waals surface area contributed by atoms with Gasteiger partial charge in [0, 0.05) is 11.0 Å². The minimum absolute atomic E-state index is 0.254. The first-order valence-corrected chi connectivity index (χ1v) is 9.71. The van der Waals surface area contributed by atoms with Crippen LogP contribution in [0.3, 0.4) is 0 Å². The van der Waals surface area contributed by atoms with Gasteiger partial charge in [-0.05, 0) is 47.9 Å². The predicted octanol–water partition coefficient (Wildman–Crippen LogP) is 4.34. The van der Waals surface area contributed by atoms with E-state index in [1.165, 1.54) is 4.90 Å². The Bertz CT molecular complexity index is 909. The standard InChI is InChI=1S/C21H21BrN2O4/c1-3-10-24-20(25)17(23-21(24)26)11-15-6-9-18(19(12-15)27-2)28-13-14-4-7-16(22)8-5-14/h4-9,11-12H,3,10,13H2,1-2H3,(H,23,26)/b17-11+. The largest absolute Gasteiger partial charge is 0.493 e. The Kier molecular flexibility index (Phi) is 6.36. The van der Waals surface area contributed by atoms with Crippen molar-refractivity contribution in [2.24, 2.45) is 0 Å². The van der Waals surface area contributed by atoms with Crippen molar-refractivity contribution in [1.29, 1.82) is 0 Å². The second-order valence-electron chi connectivity index (χ2n) is 6.27. The van der Waals surface area contributed by atoms with Crippen LogP contribution in [0, 0.1) is 0 Å². The molecule has 7 heteroatoms. The van der Waals surface area contributed by atoms with Gasteiger partial charge in [-0.15, -0.1) is 0 Å². The molecule has 0 aliphatic carbocycles. The molecule has 1 N–H and O–H groups in total. The summed E-state index contributed by atoms with van der Waals surface area (Å²) in [5.74, 6) is 0.831. The zero-order chi connectivity index (χ0) is 20.1. The highest BCUT2D eigenvalue weighted by atomic mass is 79.9. The smallest absolute Gasteiger partial charge is 0.329 e. The van der Waals surface area contributed by atoms with Crippen molar-refractivity contribution in [2.75, 3.05) is 13.7 Å². The molecule has 0 saturated carbocycles. The number of nitrogens with one attached hydrogen (secondary N) is 1. The molecule has 3 rings (SSSR count). The van der Waals surface area contributed by atoms with Crippen molar-refractivity contribution in [3.05, 3.63) is 63.8 Å². The SMILES string of the molecule is CCCN1C(=O)N/C(=C/c2ccc(OCc3ccc(Br)cc3)c(OC)c2)C1=O. The Morgan fingerprint density at radius 2 is 1.86 bits per heavy atom. The van der Waals surface area contributed by atoms with Crippen LogP contribution in [0.25, 0.3) is 6.08 Å². The lowest BCUT2D eigenvalue weighted by Gasteiger charge is -2.12. The number of urea groups is 1. The van der Waals surface area contributed by atoms with E-state index in [2.05, 4.69) is 21.2 Å². The average molecular weight is 445 g/mol. The molecule has 146 valence electrons. The lowest BCUT2D eigenvalue weighted by Crippen LogP contribution is -2.31. The van der Waals surface area contributed by atoms with Crippen LogP contribution in [0.5, 0.6) is 11.5 Å². The number of nitrogens with zero attached hydrogens (tertiary/aromatic N) is 1. The van der Waals surface area contributed by atoms with Crippen molar-refractivity contribution >= 4 is 33.9 Å². The van der Waals surface area contributed by atoms with E-state index in [1.807, 2.05) is 37.3 Å². The summed E-state index contributed by atoms with van der Waals surface area (Å²) in [6.45, 7) is 2.72. The third kappa shape index (κ3) is 4.54. The number of amides is 3. The monoisotopic (exact) mass is 444 g/mol. The van der Waals surface area contributed by atoms with Gasteiger partial charge in [-0.1, -0.05) is 41.1 Å². The molecule has 1 aliphatic rings. The molecule has 0 aromatic heterocycles. The molecule has 1 aliphatic heterocycles. The summed E-state index contributed by atoms with van der Waals surface area (Å²) in [4.78, 5) is 25.4. The zero-order valence-electron chi connectivity index (χ0n) is 15.7. The number of carbonyl (C=O) groups is 2. The fraction of sp³-hybridized carbons (Fsp3) is 0.238. The summed E-state index contributed by atoms with van der Waals surface area (Å²) >= 11 is 3.41. The summed E-state index contributed by atoms with van der Waals surface area (Å²) in [6, 6.07) is 12.9. The molecule has 3 amide bonds. The van der Waals surface area contributed by atoms with E-state index in [9.17, 15) is 9.59 Å². The quantitative estimate of drug-likeness (QED) is 0.509. The topological polar surface area (TPSA) is 67.9 Å². The molecular weight excluding hydrogens is 424 g/mol. The third-order valence-corrected chi connectivity index (χ3v) is 4.74. The highest BCUT2D eigenvalue weighted by Crippen LogP contribution is 2.30. The van der Waals surface area contributed by atoms with E-state index in [0.29, 0.717) is 31.1 Å². The maximum absolute atomic E-state index is 12.3. The van der Waals surface area contributed by atoms with Crippen molar-refractivity contribution in [1.82, 2.24) is 10.2 Å². The number of ether oxygens (including phenoxy) is 2. The zero-order valence-corrected chi connectivity index (χ0v) is 17.3. The third-order valence-electron chi connectivity index (χ3n) is 4.22. The molecule has 2 aromatic rings. The van der Waals surface area contributed by atoms with Gasteiger partial charge in [-0.25, -0.2) is 4.79 Å². The number of benzene rings is 2. The molecule has 2 aromatic carbocycles. The Morgan fingerprint density at radius 1 is 1.11 bits per heavy atom. The maximum Gasteiger partial charge on any atom is 0.329 e. The molecule has 28 heavy (non-hydrogen) atoms. The minimum atomic E-state index is -0.389. The summed E-state index contributed by atoms with van der Waals surface area (Å²) in [7, 11) is 1.56. The number of hydrogen-bond acceptors (Lipinski definition) is 4. The molecular formula is C21H21BrN2O4. The fourth-order valence-corrected chi connectivity index (χ4v) is 3.06. The van der Waals surface area contributed by atoms with E-state index in [4.69, 9.17) is 9.47 Å². The van der Waals surface area contributed by atoms with Gasteiger partial charge in [-0.2, -0.15) is 0 Å². The first-order valence-electron chi connectivity index (χ1n) is 8.91. The van der Waals surface area contributed by atoms with Crippen LogP contribution in [0.4, 0.5) is 4.79 Å². The van der Waals surface area contributed by atoms with Gasteiger partial charge in [0.1, 0.15) is 12.3 Å². The highest BCUT2D eigenvalue weighted by molar-refractivity contribution is 9.10. The maximum atomic E-state index is 12.3. The second-order valence-corrected chi connectivity index (χ2v) is 7.19. The molecule has 0 unspecified atom stereocenters. The Labute approximate surface area is 172 Å². The number of rotatable bonds is 7. The number of carbonyl (C=O) groups excluding carboxylic acids is 2. The Hall–Kier alpha value is -2.80. The van der Waals surface area contributed by atoms with E-state index in [1.54, 1.807) is 25.3 Å². The first-order chi connectivity index (χ1) is 13.5. The number of methoxy groups -OCH3 is 1. The summed E-state index contributed by atoms with van der Waals surface area (Å²) < 4.78 is 12.3. The predicted molar refractivity (Wildman–Crippen MR) is 110 cm³/mol. The van der Waals surface area contributed by atoms with Crippen LogP contribution in [0.1, 0.15) is 24.5 Å². The Balaban J connectivity index is 1.75. The summed E-state index contributed by atoms with van der Waals surface area (Å²) in [5, 5.41) is 2.61. The lowest BCUT2D eigenvalue weighted by atomic mass is 10.1. The van der Waals surface area contributed by atoms with Crippen LogP contribution in [-0.2, 0) is 11.4 Å². The Morgan fingerprint density at radius 3 is 2.54 bits per heavy atom. The van der Waals surface area contributed by atoms with Gasteiger partial charge in [0.15, 0.2) is 11.5 Å². The van der Waals surface area contributed by atoms with Gasteiger partial charge >= 0.3 is 6.03 Å².